The van der Waals surface area contributed by atoms with E-state index in [-0.39, 0.29) is 12.6 Å². The third-order valence-corrected chi connectivity index (χ3v) is 1.63. The van der Waals surface area contributed by atoms with E-state index in [2.05, 4.69) is 26.7 Å². The molecule has 0 aromatic heterocycles. The quantitative estimate of drug-likeness (QED) is 0.584. The highest BCUT2D eigenvalue weighted by Gasteiger charge is 2.03. The second-order valence-electron chi connectivity index (χ2n) is 2.21. The van der Waals surface area contributed by atoms with Crippen LogP contribution < -0.4 is 0 Å². The molecule has 0 unspecified atom stereocenters. The van der Waals surface area contributed by atoms with Crippen molar-refractivity contribution in [2.75, 3.05) is 6.61 Å². The first kappa shape index (κ1) is 9.82. The molecule has 0 spiro atoms. The Bertz CT molecular complexity index is 335. The minimum absolute atomic E-state index is 0.110. The molecule has 0 saturated heterocycles. The van der Waals surface area contributed by atoms with Crippen molar-refractivity contribution in [1.29, 1.82) is 0 Å². The lowest BCUT2D eigenvalue weighted by molar-refractivity contribution is 0.0557. The average Bonchev–Trinajstić information content (AvgIpc) is 2.19. The summed E-state index contributed by atoms with van der Waals surface area (Å²) in [4.78, 5) is 13.7. The number of esters is 1. The van der Waals surface area contributed by atoms with E-state index in [1.807, 2.05) is 6.07 Å². The molecule has 0 aliphatic heterocycles. The topological polar surface area (TPSA) is 26.3 Å². The van der Waals surface area contributed by atoms with E-state index in [4.69, 9.17) is 4.74 Å². The van der Waals surface area contributed by atoms with Gasteiger partial charge < -0.3 is 4.74 Å². The summed E-state index contributed by atoms with van der Waals surface area (Å²) < 4.78 is 4.83. The molecule has 1 aromatic carbocycles. The molecule has 13 heavy (non-hydrogen) atoms. The molecule has 0 amide bonds. The maximum Gasteiger partial charge on any atom is 0.339 e. The molecule has 1 rings (SSSR count). The fourth-order valence-corrected chi connectivity index (χ4v) is 0.901. The standard InChI is InChI=1S/C10H7BrO2/c11-7-4-8-13-10(12)9-5-2-1-3-6-9/h1-3,5-6H,8H2. The summed E-state index contributed by atoms with van der Waals surface area (Å²) in [5.74, 6) is 2.22. The SMILES string of the molecule is O=C(OCC#CBr)c1ccccc1. The van der Waals surface area contributed by atoms with E-state index in [1.165, 1.54) is 0 Å². The zero-order valence-electron chi connectivity index (χ0n) is 6.79. The van der Waals surface area contributed by atoms with Gasteiger partial charge in [0.1, 0.15) is 0 Å². The van der Waals surface area contributed by atoms with Crippen LogP contribution in [0, 0.1) is 10.8 Å². The van der Waals surface area contributed by atoms with E-state index in [0.717, 1.165) is 0 Å². The van der Waals surface area contributed by atoms with Gasteiger partial charge in [-0.05, 0) is 22.9 Å². The first-order valence-electron chi connectivity index (χ1n) is 3.65. The van der Waals surface area contributed by atoms with Gasteiger partial charge in [0.25, 0.3) is 0 Å². The number of halogens is 1. The molecule has 0 atom stereocenters. The number of carbonyl (C=O) groups excluding carboxylic acids is 1. The zero-order chi connectivity index (χ0) is 9.52. The molecular weight excluding hydrogens is 232 g/mol. The van der Waals surface area contributed by atoms with Crippen LogP contribution in [0.3, 0.4) is 0 Å². The molecule has 0 bridgehead atoms. The Morgan fingerprint density at radius 3 is 2.69 bits per heavy atom. The average molecular weight is 239 g/mol. The molecular formula is C10H7BrO2. The van der Waals surface area contributed by atoms with Crippen LogP contribution in [-0.4, -0.2) is 12.6 Å². The number of ether oxygens (including phenoxy) is 1. The van der Waals surface area contributed by atoms with E-state index in [1.54, 1.807) is 24.3 Å². The van der Waals surface area contributed by atoms with Gasteiger partial charge in [-0.3, -0.25) is 0 Å². The van der Waals surface area contributed by atoms with Gasteiger partial charge in [-0.1, -0.05) is 18.2 Å². The lowest BCUT2D eigenvalue weighted by Gasteiger charge is -1.98. The Balaban J connectivity index is 2.53. The van der Waals surface area contributed by atoms with Crippen molar-refractivity contribution in [3.05, 3.63) is 35.9 Å². The molecule has 0 aliphatic carbocycles. The van der Waals surface area contributed by atoms with Gasteiger partial charge in [0.2, 0.25) is 0 Å². The normalized spacial score (nSPS) is 8.38. The number of rotatable bonds is 2. The maximum atomic E-state index is 11.2. The number of benzene rings is 1. The van der Waals surface area contributed by atoms with Crippen molar-refractivity contribution in [3.8, 4) is 10.8 Å². The highest BCUT2D eigenvalue weighted by Crippen LogP contribution is 2.00. The van der Waals surface area contributed by atoms with Gasteiger partial charge in [0.05, 0.1) is 5.56 Å². The maximum absolute atomic E-state index is 11.2. The fourth-order valence-electron chi connectivity index (χ4n) is 0.786. The van der Waals surface area contributed by atoms with E-state index >= 15 is 0 Å². The van der Waals surface area contributed by atoms with Crippen molar-refractivity contribution in [2.45, 2.75) is 0 Å². The highest BCUT2D eigenvalue weighted by atomic mass is 79.9. The van der Waals surface area contributed by atoms with E-state index in [9.17, 15) is 4.79 Å². The predicted octanol–water partition coefficient (Wildman–Crippen LogP) is 2.20. The van der Waals surface area contributed by atoms with Gasteiger partial charge in [0, 0.05) is 15.9 Å². The molecule has 2 nitrogen and oxygen atoms in total. The summed E-state index contributed by atoms with van der Waals surface area (Å²) in [5.41, 5.74) is 0.541. The molecule has 0 radical (unpaired) electrons. The number of hydrogen-bond acceptors (Lipinski definition) is 2. The summed E-state index contributed by atoms with van der Waals surface area (Å²) in [5, 5.41) is 0. The van der Waals surface area contributed by atoms with Crippen molar-refractivity contribution in [3.63, 3.8) is 0 Å². The summed E-state index contributed by atoms with van der Waals surface area (Å²) in [6.07, 6.45) is 0. The molecule has 0 heterocycles. The summed E-state index contributed by atoms with van der Waals surface area (Å²) in [6, 6.07) is 8.81. The molecule has 1 aromatic rings. The Morgan fingerprint density at radius 2 is 2.08 bits per heavy atom. The van der Waals surface area contributed by atoms with Gasteiger partial charge in [-0.25, -0.2) is 4.79 Å². The van der Waals surface area contributed by atoms with Gasteiger partial charge in [0.15, 0.2) is 6.61 Å². The van der Waals surface area contributed by atoms with Crippen LogP contribution in [0.5, 0.6) is 0 Å². The minimum Gasteiger partial charge on any atom is -0.449 e. The smallest absolute Gasteiger partial charge is 0.339 e. The van der Waals surface area contributed by atoms with Crippen LogP contribution in [0.2, 0.25) is 0 Å². The van der Waals surface area contributed by atoms with Crippen molar-refractivity contribution in [2.24, 2.45) is 0 Å². The van der Waals surface area contributed by atoms with Crippen molar-refractivity contribution in [1.82, 2.24) is 0 Å². The fraction of sp³-hybridized carbons (Fsp3) is 0.100. The monoisotopic (exact) mass is 238 g/mol. The van der Waals surface area contributed by atoms with Crippen LogP contribution >= 0.6 is 15.9 Å². The predicted molar refractivity (Wildman–Crippen MR) is 53.4 cm³/mol. The van der Waals surface area contributed by atoms with Gasteiger partial charge in [-0.15, -0.1) is 0 Å². The van der Waals surface area contributed by atoms with Crippen molar-refractivity contribution >= 4 is 21.9 Å². The van der Waals surface area contributed by atoms with Crippen LogP contribution in [0.25, 0.3) is 0 Å². The third kappa shape index (κ3) is 3.30. The Hall–Kier alpha value is -1.27. The zero-order valence-corrected chi connectivity index (χ0v) is 8.37. The lowest BCUT2D eigenvalue weighted by Crippen LogP contribution is -2.04. The minimum atomic E-state index is -0.351. The van der Waals surface area contributed by atoms with Crippen LogP contribution in [0.1, 0.15) is 10.4 Å². The number of hydrogen-bond donors (Lipinski definition) is 0. The Kier molecular flexibility index (Phi) is 4.07. The van der Waals surface area contributed by atoms with E-state index < -0.39 is 0 Å². The first-order chi connectivity index (χ1) is 6.34. The first-order valence-corrected chi connectivity index (χ1v) is 4.44. The second-order valence-corrected chi connectivity index (χ2v) is 2.61. The van der Waals surface area contributed by atoms with E-state index in [0.29, 0.717) is 5.56 Å². The summed E-state index contributed by atoms with van der Waals surface area (Å²) in [7, 11) is 0. The van der Waals surface area contributed by atoms with Crippen molar-refractivity contribution < 1.29 is 9.53 Å². The molecule has 0 N–H and O–H groups in total. The van der Waals surface area contributed by atoms with Crippen LogP contribution in [0.4, 0.5) is 0 Å². The molecule has 66 valence electrons. The van der Waals surface area contributed by atoms with Crippen LogP contribution in [0.15, 0.2) is 30.3 Å². The molecule has 0 aliphatic rings. The third-order valence-electron chi connectivity index (χ3n) is 1.35. The largest absolute Gasteiger partial charge is 0.449 e. The lowest BCUT2D eigenvalue weighted by atomic mass is 10.2. The van der Waals surface area contributed by atoms with Gasteiger partial charge >= 0.3 is 5.97 Å². The summed E-state index contributed by atoms with van der Waals surface area (Å²) >= 11 is 2.90. The Morgan fingerprint density at radius 1 is 1.38 bits per heavy atom. The summed E-state index contributed by atoms with van der Waals surface area (Å²) in [6.45, 7) is 0.110. The van der Waals surface area contributed by atoms with Gasteiger partial charge in [-0.2, -0.15) is 0 Å². The van der Waals surface area contributed by atoms with Crippen LogP contribution in [-0.2, 0) is 4.74 Å². The highest BCUT2D eigenvalue weighted by molar-refractivity contribution is 9.12. The molecule has 0 fully saturated rings. The molecule has 3 heteroatoms. The number of carbonyl (C=O) groups is 1. The molecule has 0 saturated carbocycles. The Labute approximate surface area is 85.0 Å². The second kappa shape index (κ2) is 5.39.